The summed E-state index contributed by atoms with van der Waals surface area (Å²) in [5.74, 6) is -0.401. The number of nitrogens with one attached hydrogen (secondary N) is 2. The van der Waals surface area contributed by atoms with Crippen LogP contribution in [0.3, 0.4) is 0 Å². The largest absolute Gasteiger partial charge is 0.497 e. The Morgan fingerprint density at radius 2 is 1.89 bits per heavy atom. The molecule has 0 aromatic heterocycles. The fourth-order valence-electron chi connectivity index (χ4n) is 2.64. The number of methoxy groups -OCH3 is 1. The van der Waals surface area contributed by atoms with E-state index < -0.39 is 16.0 Å². The molecule has 0 spiro atoms. The standard InChI is InChI=1S/C19H22N2O5S/c1-26-15-6-2-13(3-7-15)10-11-20-18-9-8-16(12-17(18)19(22)23)27(24,25)21-14-4-5-14/h2-3,6-9,12,14,20-21H,4-5,10-11H2,1H3,(H,22,23). The van der Waals surface area contributed by atoms with Gasteiger partial charge in [-0.15, -0.1) is 0 Å². The Morgan fingerprint density at radius 1 is 1.19 bits per heavy atom. The molecule has 144 valence electrons. The summed E-state index contributed by atoms with van der Waals surface area (Å²) in [7, 11) is -2.09. The first-order valence-electron chi connectivity index (χ1n) is 8.65. The minimum atomic E-state index is -3.69. The van der Waals surface area contributed by atoms with Crippen LogP contribution in [0.25, 0.3) is 0 Å². The van der Waals surface area contributed by atoms with E-state index in [4.69, 9.17) is 4.74 Å². The van der Waals surface area contributed by atoms with Crippen molar-refractivity contribution in [3.8, 4) is 5.75 Å². The van der Waals surface area contributed by atoms with Gasteiger partial charge in [0.15, 0.2) is 0 Å². The molecule has 0 radical (unpaired) electrons. The highest BCUT2D eigenvalue weighted by molar-refractivity contribution is 7.89. The summed E-state index contributed by atoms with van der Waals surface area (Å²) in [6, 6.07) is 11.7. The lowest BCUT2D eigenvalue weighted by molar-refractivity contribution is 0.0697. The maximum Gasteiger partial charge on any atom is 0.337 e. The van der Waals surface area contributed by atoms with Gasteiger partial charge in [-0.3, -0.25) is 0 Å². The molecular weight excluding hydrogens is 368 g/mol. The van der Waals surface area contributed by atoms with E-state index >= 15 is 0 Å². The lowest BCUT2D eigenvalue weighted by atomic mass is 10.1. The molecule has 0 amide bonds. The van der Waals surface area contributed by atoms with Crippen LogP contribution in [0, 0.1) is 0 Å². The number of carboxylic acid groups (broad SMARTS) is 1. The fourth-order valence-corrected chi connectivity index (χ4v) is 3.97. The Labute approximate surface area is 158 Å². The van der Waals surface area contributed by atoms with Crippen LogP contribution >= 0.6 is 0 Å². The Balaban J connectivity index is 1.69. The Hall–Kier alpha value is -2.58. The van der Waals surface area contributed by atoms with Crippen molar-refractivity contribution < 1.29 is 23.1 Å². The number of ether oxygens (including phenoxy) is 1. The molecule has 3 N–H and O–H groups in total. The molecule has 0 saturated heterocycles. The number of aromatic carboxylic acids is 1. The van der Waals surface area contributed by atoms with Crippen molar-refractivity contribution in [1.82, 2.24) is 4.72 Å². The number of hydrogen-bond acceptors (Lipinski definition) is 5. The molecule has 0 bridgehead atoms. The molecule has 1 aliphatic carbocycles. The van der Waals surface area contributed by atoms with Gasteiger partial charge in [0, 0.05) is 18.3 Å². The smallest absolute Gasteiger partial charge is 0.337 e. The van der Waals surface area contributed by atoms with Gasteiger partial charge in [-0.25, -0.2) is 17.9 Å². The molecule has 27 heavy (non-hydrogen) atoms. The van der Waals surface area contributed by atoms with Crippen LogP contribution in [0.4, 0.5) is 5.69 Å². The third-order valence-corrected chi connectivity index (χ3v) is 5.84. The van der Waals surface area contributed by atoms with Crippen LogP contribution in [0.2, 0.25) is 0 Å². The topological polar surface area (TPSA) is 105 Å². The average molecular weight is 390 g/mol. The van der Waals surface area contributed by atoms with E-state index in [2.05, 4.69) is 10.0 Å². The predicted octanol–water partition coefficient (Wildman–Crippen LogP) is 2.49. The van der Waals surface area contributed by atoms with Gasteiger partial charge in [0.25, 0.3) is 0 Å². The molecule has 1 fully saturated rings. The number of benzene rings is 2. The minimum absolute atomic E-state index is 0.0347. The van der Waals surface area contributed by atoms with Gasteiger partial charge in [0.05, 0.1) is 17.6 Å². The molecule has 1 aliphatic rings. The number of anilines is 1. The van der Waals surface area contributed by atoms with Crippen molar-refractivity contribution in [2.75, 3.05) is 19.0 Å². The molecule has 3 rings (SSSR count). The van der Waals surface area contributed by atoms with Crippen molar-refractivity contribution in [3.05, 3.63) is 53.6 Å². The molecule has 8 heteroatoms. The van der Waals surface area contributed by atoms with Crippen LogP contribution < -0.4 is 14.8 Å². The van der Waals surface area contributed by atoms with E-state index in [-0.39, 0.29) is 16.5 Å². The quantitative estimate of drug-likeness (QED) is 0.608. The minimum Gasteiger partial charge on any atom is -0.497 e. The lowest BCUT2D eigenvalue weighted by Crippen LogP contribution is -2.26. The van der Waals surface area contributed by atoms with E-state index in [0.29, 0.717) is 18.7 Å². The second-order valence-corrected chi connectivity index (χ2v) is 8.15. The Bertz CT molecular complexity index is 922. The van der Waals surface area contributed by atoms with Crippen LogP contribution in [0.1, 0.15) is 28.8 Å². The van der Waals surface area contributed by atoms with E-state index in [1.165, 1.54) is 18.2 Å². The van der Waals surface area contributed by atoms with Crippen molar-refractivity contribution >= 4 is 21.7 Å². The van der Waals surface area contributed by atoms with E-state index in [1.54, 1.807) is 7.11 Å². The number of rotatable bonds is 9. The van der Waals surface area contributed by atoms with Gasteiger partial charge in [0.2, 0.25) is 10.0 Å². The zero-order valence-corrected chi connectivity index (χ0v) is 15.8. The third-order valence-electron chi connectivity index (χ3n) is 4.32. The molecular formula is C19H22N2O5S. The van der Waals surface area contributed by atoms with Crippen LogP contribution in [0.5, 0.6) is 5.75 Å². The van der Waals surface area contributed by atoms with Gasteiger partial charge < -0.3 is 15.2 Å². The molecule has 7 nitrogen and oxygen atoms in total. The van der Waals surface area contributed by atoms with Gasteiger partial charge in [-0.2, -0.15) is 0 Å². The summed E-state index contributed by atoms with van der Waals surface area (Å²) in [6.45, 7) is 0.513. The third kappa shape index (κ3) is 4.99. The van der Waals surface area contributed by atoms with Gasteiger partial charge in [-0.1, -0.05) is 12.1 Å². The van der Waals surface area contributed by atoms with Gasteiger partial charge in [-0.05, 0) is 55.2 Å². The molecule has 0 aliphatic heterocycles. The molecule has 0 unspecified atom stereocenters. The summed E-state index contributed by atoms with van der Waals surface area (Å²) in [5, 5.41) is 12.5. The first kappa shape index (κ1) is 19.2. The Morgan fingerprint density at radius 3 is 2.48 bits per heavy atom. The summed E-state index contributed by atoms with van der Waals surface area (Å²) in [6.07, 6.45) is 2.32. The molecule has 0 atom stereocenters. The second kappa shape index (κ2) is 7.98. The molecule has 0 heterocycles. The first-order chi connectivity index (χ1) is 12.9. The fraction of sp³-hybridized carbons (Fsp3) is 0.316. The summed E-state index contributed by atoms with van der Waals surface area (Å²) >= 11 is 0. The highest BCUT2D eigenvalue weighted by atomic mass is 32.2. The van der Waals surface area contributed by atoms with Crippen molar-refractivity contribution in [2.45, 2.75) is 30.2 Å². The van der Waals surface area contributed by atoms with Gasteiger partial charge >= 0.3 is 5.97 Å². The molecule has 2 aromatic rings. The lowest BCUT2D eigenvalue weighted by Gasteiger charge is -2.12. The van der Waals surface area contributed by atoms with E-state index in [1.807, 2.05) is 24.3 Å². The first-order valence-corrected chi connectivity index (χ1v) is 10.1. The monoisotopic (exact) mass is 390 g/mol. The predicted molar refractivity (Wildman–Crippen MR) is 102 cm³/mol. The van der Waals surface area contributed by atoms with Crippen molar-refractivity contribution in [3.63, 3.8) is 0 Å². The maximum absolute atomic E-state index is 12.3. The van der Waals surface area contributed by atoms with Crippen molar-refractivity contribution in [1.29, 1.82) is 0 Å². The zero-order valence-electron chi connectivity index (χ0n) is 14.9. The van der Waals surface area contributed by atoms with E-state index in [0.717, 1.165) is 24.2 Å². The van der Waals surface area contributed by atoms with Crippen LogP contribution in [-0.4, -0.2) is 39.2 Å². The van der Waals surface area contributed by atoms with Crippen molar-refractivity contribution in [2.24, 2.45) is 0 Å². The number of carboxylic acids is 1. The highest BCUT2D eigenvalue weighted by Gasteiger charge is 2.28. The summed E-state index contributed by atoms with van der Waals surface area (Å²) < 4.78 is 32.2. The SMILES string of the molecule is COc1ccc(CCNc2ccc(S(=O)(=O)NC3CC3)cc2C(=O)O)cc1. The normalized spacial score (nSPS) is 14.0. The summed E-state index contributed by atoms with van der Waals surface area (Å²) in [5.41, 5.74) is 1.40. The van der Waals surface area contributed by atoms with Crippen LogP contribution in [0.15, 0.2) is 47.4 Å². The number of sulfonamides is 1. The number of hydrogen-bond donors (Lipinski definition) is 3. The Kier molecular flexibility index (Phi) is 5.67. The summed E-state index contributed by atoms with van der Waals surface area (Å²) in [4.78, 5) is 11.5. The highest BCUT2D eigenvalue weighted by Crippen LogP contribution is 2.25. The van der Waals surface area contributed by atoms with Crippen LogP contribution in [-0.2, 0) is 16.4 Å². The van der Waals surface area contributed by atoms with E-state index in [9.17, 15) is 18.3 Å². The van der Waals surface area contributed by atoms with Gasteiger partial charge in [0.1, 0.15) is 5.75 Å². The maximum atomic E-state index is 12.3. The molecule has 2 aromatic carbocycles. The second-order valence-electron chi connectivity index (χ2n) is 6.43. The average Bonchev–Trinajstić information content (AvgIpc) is 3.45. The zero-order chi connectivity index (χ0) is 19.4. The number of carbonyl (C=O) groups is 1. The molecule has 1 saturated carbocycles.